The van der Waals surface area contributed by atoms with Gasteiger partial charge < -0.3 is 15.0 Å². The minimum Gasteiger partial charge on any atom is -0.497 e. The zero-order valence-corrected chi connectivity index (χ0v) is 20.7. The first kappa shape index (κ1) is 26.2. The van der Waals surface area contributed by atoms with E-state index in [9.17, 15) is 18.0 Å². The standard InChI is InChI=1S/C24H33N3O5S/c1-6-19-11-13-21(14-12-19)27(33(5,30)31)17-23(28)26(18(3)24(29)25-7-2)16-20-9-8-10-22(15-20)32-4/h8-15,18H,6-7,16-17H2,1-5H3,(H,25,29)/t18-/m1/s1. The second kappa shape index (κ2) is 11.7. The van der Waals surface area contributed by atoms with Crippen LogP contribution in [0.1, 0.15) is 31.9 Å². The lowest BCUT2D eigenvalue weighted by molar-refractivity contribution is -0.139. The molecule has 0 unspecified atom stereocenters. The first-order chi connectivity index (χ1) is 15.6. The maximum Gasteiger partial charge on any atom is 0.244 e. The van der Waals surface area contributed by atoms with E-state index in [1.807, 2.05) is 25.1 Å². The number of hydrogen-bond donors (Lipinski definition) is 1. The summed E-state index contributed by atoms with van der Waals surface area (Å²) in [7, 11) is -2.19. The van der Waals surface area contributed by atoms with Crippen LogP contribution < -0.4 is 14.4 Å². The van der Waals surface area contributed by atoms with Gasteiger partial charge in [0.25, 0.3) is 0 Å². The predicted octanol–water partition coefficient (Wildman–Crippen LogP) is 2.58. The van der Waals surface area contributed by atoms with E-state index in [0.717, 1.165) is 28.1 Å². The second-order valence-corrected chi connectivity index (χ2v) is 9.64. The molecule has 8 nitrogen and oxygen atoms in total. The van der Waals surface area contributed by atoms with Crippen LogP contribution in [0.2, 0.25) is 0 Å². The number of ether oxygens (including phenoxy) is 1. The molecular weight excluding hydrogens is 442 g/mol. The molecule has 0 bridgehead atoms. The van der Waals surface area contributed by atoms with Crippen molar-refractivity contribution >= 4 is 27.5 Å². The molecule has 0 spiro atoms. The van der Waals surface area contributed by atoms with Crippen LogP contribution in [-0.4, -0.2) is 57.6 Å². The number of carbonyl (C=O) groups is 2. The molecule has 180 valence electrons. The topological polar surface area (TPSA) is 96.0 Å². The maximum atomic E-state index is 13.4. The predicted molar refractivity (Wildman–Crippen MR) is 130 cm³/mol. The highest BCUT2D eigenvalue weighted by Crippen LogP contribution is 2.21. The lowest BCUT2D eigenvalue weighted by Crippen LogP contribution is -2.51. The van der Waals surface area contributed by atoms with Crippen molar-refractivity contribution in [3.63, 3.8) is 0 Å². The minimum absolute atomic E-state index is 0.126. The Morgan fingerprint density at radius 2 is 1.73 bits per heavy atom. The molecule has 0 radical (unpaired) electrons. The van der Waals surface area contributed by atoms with Crippen molar-refractivity contribution in [1.29, 1.82) is 0 Å². The third-order valence-corrected chi connectivity index (χ3v) is 6.46. The van der Waals surface area contributed by atoms with Crippen molar-refractivity contribution in [3.8, 4) is 5.75 Å². The smallest absolute Gasteiger partial charge is 0.244 e. The molecule has 33 heavy (non-hydrogen) atoms. The number of nitrogens with zero attached hydrogens (tertiary/aromatic N) is 2. The quantitative estimate of drug-likeness (QED) is 0.539. The fourth-order valence-corrected chi connectivity index (χ4v) is 4.23. The summed E-state index contributed by atoms with van der Waals surface area (Å²) < 4.78 is 31.4. The van der Waals surface area contributed by atoms with Crippen molar-refractivity contribution < 1.29 is 22.7 Å². The van der Waals surface area contributed by atoms with Crippen molar-refractivity contribution in [2.45, 2.75) is 39.8 Å². The maximum absolute atomic E-state index is 13.4. The Bertz CT molecular complexity index is 1050. The highest BCUT2D eigenvalue weighted by molar-refractivity contribution is 7.92. The number of methoxy groups -OCH3 is 1. The van der Waals surface area contributed by atoms with Gasteiger partial charge in [-0.2, -0.15) is 0 Å². The Hall–Kier alpha value is -3.07. The number of amides is 2. The highest BCUT2D eigenvalue weighted by Gasteiger charge is 2.30. The fourth-order valence-electron chi connectivity index (χ4n) is 3.38. The summed E-state index contributed by atoms with van der Waals surface area (Å²) in [6, 6.07) is 13.4. The summed E-state index contributed by atoms with van der Waals surface area (Å²) in [4.78, 5) is 27.4. The average Bonchev–Trinajstić information content (AvgIpc) is 2.80. The Morgan fingerprint density at radius 1 is 1.06 bits per heavy atom. The van der Waals surface area contributed by atoms with Gasteiger partial charge in [0.1, 0.15) is 18.3 Å². The number of likely N-dealkylation sites (N-methyl/N-ethyl adjacent to an activating group) is 1. The molecule has 1 atom stereocenters. The Labute approximate surface area is 196 Å². The summed E-state index contributed by atoms with van der Waals surface area (Å²) in [5, 5.41) is 2.73. The molecule has 9 heteroatoms. The third-order valence-electron chi connectivity index (χ3n) is 5.32. The van der Waals surface area contributed by atoms with E-state index in [0.29, 0.717) is 18.0 Å². The zero-order chi connectivity index (χ0) is 24.6. The number of anilines is 1. The van der Waals surface area contributed by atoms with Gasteiger partial charge in [0.05, 0.1) is 19.1 Å². The van der Waals surface area contributed by atoms with Crippen LogP contribution in [0.4, 0.5) is 5.69 Å². The van der Waals surface area contributed by atoms with Crippen LogP contribution in [-0.2, 0) is 32.6 Å². The van der Waals surface area contributed by atoms with Gasteiger partial charge in [0.15, 0.2) is 0 Å². The van der Waals surface area contributed by atoms with Crippen LogP contribution in [0.5, 0.6) is 5.75 Å². The number of hydrogen-bond acceptors (Lipinski definition) is 5. The van der Waals surface area contributed by atoms with Crippen molar-refractivity contribution in [2.24, 2.45) is 0 Å². The van der Waals surface area contributed by atoms with Crippen LogP contribution in [0.25, 0.3) is 0 Å². The summed E-state index contributed by atoms with van der Waals surface area (Å²) in [6.07, 6.45) is 1.88. The van der Waals surface area contributed by atoms with E-state index in [-0.39, 0.29) is 12.5 Å². The normalized spacial score (nSPS) is 12.0. The molecule has 0 saturated heterocycles. The Balaban J connectivity index is 2.38. The molecule has 1 N–H and O–H groups in total. The molecule has 2 aromatic rings. The molecule has 0 aliphatic rings. The molecular formula is C24H33N3O5S. The summed E-state index contributed by atoms with van der Waals surface area (Å²) in [5.41, 5.74) is 2.22. The summed E-state index contributed by atoms with van der Waals surface area (Å²) in [6.45, 7) is 5.56. The second-order valence-electron chi connectivity index (χ2n) is 7.73. The number of rotatable bonds is 11. The first-order valence-electron chi connectivity index (χ1n) is 10.9. The fraction of sp³-hybridized carbons (Fsp3) is 0.417. The lowest BCUT2D eigenvalue weighted by atomic mass is 10.1. The van der Waals surface area contributed by atoms with E-state index in [2.05, 4.69) is 5.32 Å². The van der Waals surface area contributed by atoms with Gasteiger partial charge in [-0.05, 0) is 55.7 Å². The van der Waals surface area contributed by atoms with Crippen molar-refractivity contribution in [2.75, 3.05) is 30.8 Å². The monoisotopic (exact) mass is 475 g/mol. The van der Waals surface area contributed by atoms with Gasteiger partial charge in [0, 0.05) is 13.1 Å². The molecule has 2 aromatic carbocycles. The SMILES string of the molecule is CCNC(=O)[C@@H](C)N(Cc1cccc(OC)c1)C(=O)CN(c1ccc(CC)cc1)S(C)(=O)=O. The van der Waals surface area contributed by atoms with Crippen LogP contribution in [0.3, 0.4) is 0 Å². The number of benzene rings is 2. The highest BCUT2D eigenvalue weighted by atomic mass is 32.2. The molecule has 2 amide bonds. The van der Waals surface area contributed by atoms with E-state index in [1.165, 1.54) is 4.90 Å². The van der Waals surface area contributed by atoms with Gasteiger partial charge in [0.2, 0.25) is 21.8 Å². The third kappa shape index (κ3) is 7.21. The van der Waals surface area contributed by atoms with Crippen LogP contribution in [0.15, 0.2) is 48.5 Å². The van der Waals surface area contributed by atoms with Gasteiger partial charge >= 0.3 is 0 Å². The average molecular weight is 476 g/mol. The van der Waals surface area contributed by atoms with Crippen LogP contribution in [0, 0.1) is 0 Å². The van der Waals surface area contributed by atoms with Crippen LogP contribution >= 0.6 is 0 Å². The van der Waals surface area contributed by atoms with Gasteiger partial charge in [-0.15, -0.1) is 0 Å². The molecule has 2 rings (SSSR count). The minimum atomic E-state index is -3.74. The Kier molecular flexibility index (Phi) is 9.28. The summed E-state index contributed by atoms with van der Waals surface area (Å²) in [5.74, 6) is -0.173. The molecule has 0 heterocycles. The lowest BCUT2D eigenvalue weighted by Gasteiger charge is -2.31. The number of carbonyl (C=O) groups excluding carboxylic acids is 2. The first-order valence-corrected chi connectivity index (χ1v) is 12.7. The van der Waals surface area contributed by atoms with Crippen molar-refractivity contribution in [1.82, 2.24) is 10.2 Å². The van der Waals surface area contributed by atoms with Gasteiger partial charge in [-0.3, -0.25) is 13.9 Å². The van der Waals surface area contributed by atoms with E-state index in [1.54, 1.807) is 51.3 Å². The number of nitrogens with one attached hydrogen (secondary N) is 1. The molecule has 0 saturated carbocycles. The summed E-state index contributed by atoms with van der Waals surface area (Å²) >= 11 is 0. The molecule has 0 aliphatic carbocycles. The van der Waals surface area contributed by atoms with E-state index >= 15 is 0 Å². The van der Waals surface area contributed by atoms with E-state index < -0.39 is 28.5 Å². The number of aryl methyl sites for hydroxylation is 1. The van der Waals surface area contributed by atoms with E-state index in [4.69, 9.17) is 4.74 Å². The number of sulfonamides is 1. The zero-order valence-electron chi connectivity index (χ0n) is 19.9. The van der Waals surface area contributed by atoms with Gasteiger partial charge in [-0.25, -0.2) is 8.42 Å². The Morgan fingerprint density at radius 3 is 2.27 bits per heavy atom. The van der Waals surface area contributed by atoms with Crippen molar-refractivity contribution in [3.05, 3.63) is 59.7 Å². The molecule has 0 aliphatic heterocycles. The van der Waals surface area contributed by atoms with Gasteiger partial charge in [-0.1, -0.05) is 31.2 Å². The molecule has 0 aromatic heterocycles. The molecule has 0 fully saturated rings. The largest absolute Gasteiger partial charge is 0.497 e.